The lowest BCUT2D eigenvalue weighted by Crippen LogP contribution is -2.37. The molecule has 0 aliphatic carbocycles. The van der Waals surface area contributed by atoms with E-state index in [1.807, 2.05) is 6.92 Å². The van der Waals surface area contributed by atoms with Crippen molar-refractivity contribution in [1.29, 1.82) is 0 Å². The summed E-state index contributed by atoms with van der Waals surface area (Å²) in [6.07, 6.45) is 5.92. The molecule has 4 heteroatoms. The molecule has 1 N–H and O–H groups in total. The Balaban J connectivity index is 1.95. The van der Waals surface area contributed by atoms with Crippen molar-refractivity contribution in [2.24, 2.45) is 0 Å². The van der Waals surface area contributed by atoms with Crippen LogP contribution < -0.4 is 10.1 Å². The minimum Gasteiger partial charge on any atom is -0.472 e. The largest absolute Gasteiger partial charge is 0.472 e. The van der Waals surface area contributed by atoms with E-state index in [0.717, 1.165) is 25.2 Å². The Bertz CT molecular complexity index is 297. The highest BCUT2D eigenvalue weighted by molar-refractivity contribution is 5.07. The van der Waals surface area contributed by atoms with E-state index < -0.39 is 0 Å². The van der Waals surface area contributed by atoms with Crippen LogP contribution in [0.15, 0.2) is 12.4 Å². The molecule has 0 amide bonds. The predicted molar refractivity (Wildman–Crippen MR) is 53.3 cm³/mol. The minimum atomic E-state index is 0.250. The monoisotopic (exact) mass is 193 g/mol. The van der Waals surface area contributed by atoms with Crippen LogP contribution in [0.4, 0.5) is 0 Å². The van der Waals surface area contributed by atoms with Gasteiger partial charge in [-0.15, -0.1) is 0 Å². The van der Waals surface area contributed by atoms with Gasteiger partial charge in [-0.1, -0.05) is 0 Å². The highest BCUT2D eigenvalue weighted by Gasteiger charge is 2.14. The molecule has 0 bridgehead atoms. The van der Waals surface area contributed by atoms with Crippen molar-refractivity contribution in [3.8, 4) is 5.88 Å². The first kappa shape index (κ1) is 9.40. The number of aryl methyl sites for hydroxylation is 1. The first-order chi connectivity index (χ1) is 6.84. The van der Waals surface area contributed by atoms with Crippen LogP contribution >= 0.6 is 0 Å². The lowest BCUT2D eigenvalue weighted by Gasteiger charge is -2.23. The van der Waals surface area contributed by atoms with Gasteiger partial charge in [-0.2, -0.15) is 0 Å². The molecule has 2 heterocycles. The molecule has 1 aliphatic rings. The van der Waals surface area contributed by atoms with Crippen molar-refractivity contribution < 1.29 is 4.74 Å². The van der Waals surface area contributed by atoms with Crippen molar-refractivity contribution in [3.05, 3.63) is 18.1 Å². The SMILES string of the molecule is Cc1cncc(OC2CCCNC2)n1. The molecule has 1 aromatic heterocycles. The summed E-state index contributed by atoms with van der Waals surface area (Å²) >= 11 is 0. The molecule has 0 aromatic carbocycles. The number of ether oxygens (including phenoxy) is 1. The normalized spacial score (nSPS) is 21.9. The predicted octanol–water partition coefficient (Wildman–Crippen LogP) is 0.916. The Morgan fingerprint density at radius 2 is 2.43 bits per heavy atom. The van der Waals surface area contributed by atoms with Gasteiger partial charge in [0.15, 0.2) is 0 Å². The Morgan fingerprint density at radius 3 is 3.14 bits per heavy atom. The second-order valence-electron chi connectivity index (χ2n) is 3.58. The van der Waals surface area contributed by atoms with Gasteiger partial charge in [0.1, 0.15) is 6.10 Å². The molecule has 4 nitrogen and oxygen atoms in total. The summed E-state index contributed by atoms with van der Waals surface area (Å²) < 4.78 is 5.70. The fraction of sp³-hybridized carbons (Fsp3) is 0.600. The zero-order chi connectivity index (χ0) is 9.80. The number of aromatic nitrogens is 2. The maximum atomic E-state index is 5.70. The smallest absolute Gasteiger partial charge is 0.232 e. The van der Waals surface area contributed by atoms with Crippen LogP contribution in [0.25, 0.3) is 0 Å². The summed E-state index contributed by atoms with van der Waals surface area (Å²) in [6, 6.07) is 0. The fourth-order valence-electron chi connectivity index (χ4n) is 1.59. The molecule has 1 saturated heterocycles. The molecule has 0 saturated carbocycles. The highest BCUT2D eigenvalue weighted by Crippen LogP contribution is 2.11. The number of nitrogens with zero attached hydrogens (tertiary/aromatic N) is 2. The molecule has 0 radical (unpaired) electrons. The number of nitrogens with one attached hydrogen (secondary N) is 1. The van der Waals surface area contributed by atoms with Crippen LogP contribution in [0.3, 0.4) is 0 Å². The number of rotatable bonds is 2. The molecular weight excluding hydrogens is 178 g/mol. The maximum Gasteiger partial charge on any atom is 0.232 e. The van der Waals surface area contributed by atoms with Gasteiger partial charge in [-0.05, 0) is 26.3 Å². The van der Waals surface area contributed by atoms with Crippen molar-refractivity contribution in [2.45, 2.75) is 25.9 Å². The number of hydrogen-bond donors (Lipinski definition) is 1. The van der Waals surface area contributed by atoms with Gasteiger partial charge >= 0.3 is 0 Å². The third kappa shape index (κ3) is 2.42. The molecule has 1 atom stereocenters. The van der Waals surface area contributed by atoms with E-state index in [2.05, 4.69) is 15.3 Å². The van der Waals surface area contributed by atoms with Gasteiger partial charge in [-0.3, -0.25) is 4.98 Å². The summed E-state index contributed by atoms with van der Waals surface area (Å²) in [6.45, 7) is 3.92. The van der Waals surface area contributed by atoms with E-state index in [4.69, 9.17) is 4.74 Å². The van der Waals surface area contributed by atoms with Crippen molar-refractivity contribution in [1.82, 2.24) is 15.3 Å². The second kappa shape index (κ2) is 4.37. The third-order valence-corrected chi connectivity index (χ3v) is 2.27. The van der Waals surface area contributed by atoms with Gasteiger partial charge < -0.3 is 10.1 Å². The van der Waals surface area contributed by atoms with Crippen LogP contribution in [0.5, 0.6) is 5.88 Å². The standard InChI is InChI=1S/C10H15N3O/c1-8-5-12-7-10(13-8)14-9-3-2-4-11-6-9/h5,7,9,11H,2-4,6H2,1H3. The third-order valence-electron chi connectivity index (χ3n) is 2.27. The van der Waals surface area contributed by atoms with Gasteiger partial charge in [0, 0.05) is 12.7 Å². The minimum absolute atomic E-state index is 0.250. The van der Waals surface area contributed by atoms with E-state index >= 15 is 0 Å². The molecule has 1 fully saturated rings. The zero-order valence-electron chi connectivity index (χ0n) is 8.36. The Morgan fingerprint density at radius 1 is 1.50 bits per heavy atom. The summed E-state index contributed by atoms with van der Waals surface area (Å²) in [5, 5.41) is 3.30. The van der Waals surface area contributed by atoms with Crippen molar-refractivity contribution in [2.75, 3.05) is 13.1 Å². The van der Waals surface area contributed by atoms with Crippen LogP contribution in [0, 0.1) is 6.92 Å². The van der Waals surface area contributed by atoms with Gasteiger partial charge in [-0.25, -0.2) is 4.98 Å². The fourth-order valence-corrected chi connectivity index (χ4v) is 1.59. The van der Waals surface area contributed by atoms with Gasteiger partial charge in [0.2, 0.25) is 5.88 Å². The Kier molecular flexibility index (Phi) is 2.93. The van der Waals surface area contributed by atoms with Crippen molar-refractivity contribution >= 4 is 0 Å². The lowest BCUT2D eigenvalue weighted by atomic mass is 10.1. The summed E-state index contributed by atoms with van der Waals surface area (Å²) in [7, 11) is 0. The zero-order valence-corrected chi connectivity index (χ0v) is 8.36. The molecule has 14 heavy (non-hydrogen) atoms. The van der Waals surface area contributed by atoms with Crippen LogP contribution in [0.2, 0.25) is 0 Å². The average Bonchev–Trinajstić information content (AvgIpc) is 2.19. The first-order valence-electron chi connectivity index (χ1n) is 5.00. The highest BCUT2D eigenvalue weighted by atomic mass is 16.5. The van der Waals surface area contributed by atoms with Gasteiger partial charge in [0.25, 0.3) is 0 Å². The van der Waals surface area contributed by atoms with Crippen LogP contribution in [-0.2, 0) is 0 Å². The molecular formula is C10H15N3O. The molecule has 1 unspecified atom stereocenters. The summed E-state index contributed by atoms with van der Waals surface area (Å²) in [4.78, 5) is 8.30. The molecule has 2 rings (SSSR count). The Hall–Kier alpha value is -1.16. The molecule has 1 aromatic rings. The van der Waals surface area contributed by atoms with Crippen LogP contribution in [0.1, 0.15) is 18.5 Å². The van der Waals surface area contributed by atoms with E-state index in [1.54, 1.807) is 12.4 Å². The van der Waals surface area contributed by atoms with Gasteiger partial charge in [0.05, 0.1) is 11.9 Å². The average molecular weight is 193 g/mol. The molecule has 76 valence electrons. The lowest BCUT2D eigenvalue weighted by molar-refractivity contribution is 0.159. The maximum absolute atomic E-state index is 5.70. The second-order valence-corrected chi connectivity index (χ2v) is 3.58. The van der Waals surface area contributed by atoms with E-state index in [0.29, 0.717) is 5.88 Å². The molecule has 1 aliphatic heterocycles. The summed E-state index contributed by atoms with van der Waals surface area (Å²) in [5.41, 5.74) is 0.895. The van der Waals surface area contributed by atoms with E-state index in [-0.39, 0.29) is 6.10 Å². The number of piperidine rings is 1. The van der Waals surface area contributed by atoms with E-state index in [1.165, 1.54) is 6.42 Å². The number of hydrogen-bond acceptors (Lipinski definition) is 4. The quantitative estimate of drug-likeness (QED) is 0.758. The first-order valence-corrected chi connectivity index (χ1v) is 5.00. The van der Waals surface area contributed by atoms with Crippen molar-refractivity contribution in [3.63, 3.8) is 0 Å². The summed E-state index contributed by atoms with van der Waals surface area (Å²) in [5.74, 6) is 0.638. The van der Waals surface area contributed by atoms with E-state index in [9.17, 15) is 0 Å². The topological polar surface area (TPSA) is 47.0 Å². The molecule has 0 spiro atoms. The van der Waals surface area contributed by atoms with Crippen LogP contribution in [-0.4, -0.2) is 29.2 Å². The Labute approximate surface area is 83.7 Å².